The number of hydrogen-bond donors (Lipinski definition) is 2. The van der Waals surface area contributed by atoms with Crippen LogP contribution in [-0.4, -0.2) is 54.4 Å². The van der Waals surface area contributed by atoms with E-state index in [0.717, 1.165) is 32.3 Å². The van der Waals surface area contributed by atoms with E-state index < -0.39 is 29.9 Å². The lowest BCUT2D eigenvalue weighted by Gasteiger charge is -2.25. The summed E-state index contributed by atoms with van der Waals surface area (Å²) in [5, 5.41) is 3.93. The molecule has 39 heavy (non-hydrogen) atoms. The van der Waals surface area contributed by atoms with Gasteiger partial charge < -0.3 is 25.3 Å². The maximum Gasteiger partial charge on any atom is 0.255 e. The van der Waals surface area contributed by atoms with Crippen molar-refractivity contribution in [1.29, 1.82) is 0 Å². The molecular formula is C30H38FN3O5. The van der Waals surface area contributed by atoms with Gasteiger partial charge in [-0.3, -0.25) is 9.59 Å². The second-order valence-corrected chi connectivity index (χ2v) is 10.5. The van der Waals surface area contributed by atoms with Crippen LogP contribution < -0.4 is 20.5 Å². The maximum atomic E-state index is 14.3. The van der Waals surface area contributed by atoms with E-state index in [9.17, 15) is 14.0 Å². The molecule has 2 amide bonds. The van der Waals surface area contributed by atoms with Gasteiger partial charge in [-0.15, -0.1) is 0 Å². The third-order valence-electron chi connectivity index (χ3n) is 7.41. The number of aromatic nitrogens is 1. The summed E-state index contributed by atoms with van der Waals surface area (Å²) in [5.41, 5.74) is 6.59. The Morgan fingerprint density at radius 2 is 1.95 bits per heavy atom. The fourth-order valence-electron chi connectivity index (χ4n) is 5.38. The highest BCUT2D eigenvalue weighted by molar-refractivity contribution is 6.03. The van der Waals surface area contributed by atoms with Gasteiger partial charge in [-0.1, -0.05) is 18.8 Å². The highest BCUT2D eigenvalue weighted by Crippen LogP contribution is 2.34. The molecule has 2 aromatic rings. The number of ether oxygens (including phenoxy) is 3. The van der Waals surface area contributed by atoms with Crippen molar-refractivity contribution < 1.29 is 28.2 Å². The van der Waals surface area contributed by atoms with Crippen molar-refractivity contribution in [2.45, 2.75) is 84.2 Å². The number of pyridine rings is 1. The Morgan fingerprint density at radius 1 is 1.21 bits per heavy atom. The van der Waals surface area contributed by atoms with Crippen molar-refractivity contribution in [3.8, 4) is 23.5 Å². The molecule has 210 valence electrons. The first-order chi connectivity index (χ1) is 18.7. The molecule has 3 atom stereocenters. The van der Waals surface area contributed by atoms with Gasteiger partial charge in [0, 0.05) is 35.4 Å². The van der Waals surface area contributed by atoms with Gasteiger partial charge in [0.05, 0.1) is 29.4 Å². The zero-order chi connectivity index (χ0) is 28.1. The quantitative estimate of drug-likeness (QED) is 0.459. The summed E-state index contributed by atoms with van der Waals surface area (Å²) >= 11 is 0. The predicted octanol–water partition coefficient (Wildman–Crippen LogP) is 4.31. The lowest BCUT2D eigenvalue weighted by atomic mass is 9.87. The van der Waals surface area contributed by atoms with Crippen molar-refractivity contribution in [2.75, 3.05) is 13.2 Å². The van der Waals surface area contributed by atoms with E-state index in [1.54, 1.807) is 18.3 Å². The number of amides is 2. The van der Waals surface area contributed by atoms with Crippen LogP contribution in [-0.2, 0) is 9.53 Å². The molecule has 1 aliphatic carbocycles. The minimum atomic E-state index is -1.56. The zero-order valence-electron chi connectivity index (χ0n) is 23.1. The van der Waals surface area contributed by atoms with Crippen molar-refractivity contribution in [1.82, 2.24) is 10.3 Å². The van der Waals surface area contributed by atoms with Crippen LogP contribution in [0.5, 0.6) is 11.6 Å². The molecule has 2 fully saturated rings. The number of benzene rings is 1. The molecule has 2 heterocycles. The van der Waals surface area contributed by atoms with Crippen molar-refractivity contribution in [3.63, 3.8) is 0 Å². The van der Waals surface area contributed by atoms with E-state index in [0.29, 0.717) is 34.6 Å². The molecule has 0 unspecified atom stereocenters. The van der Waals surface area contributed by atoms with Gasteiger partial charge in [-0.05, 0) is 65.0 Å². The molecule has 2 aliphatic rings. The average molecular weight is 540 g/mol. The minimum absolute atomic E-state index is 0.0544. The molecule has 3 N–H and O–H groups in total. The molecule has 1 aliphatic heterocycles. The summed E-state index contributed by atoms with van der Waals surface area (Å²) in [6.45, 7) is 8.34. The smallest absolute Gasteiger partial charge is 0.255 e. The van der Waals surface area contributed by atoms with Crippen molar-refractivity contribution in [3.05, 3.63) is 29.5 Å². The van der Waals surface area contributed by atoms with Gasteiger partial charge in [-0.2, -0.15) is 0 Å². The fourth-order valence-corrected chi connectivity index (χ4v) is 5.38. The first-order valence-electron chi connectivity index (χ1n) is 13.8. The molecule has 8 nitrogen and oxygen atoms in total. The van der Waals surface area contributed by atoms with Crippen LogP contribution in [0.4, 0.5) is 4.39 Å². The number of primary amides is 1. The van der Waals surface area contributed by atoms with E-state index in [-0.39, 0.29) is 30.1 Å². The fraction of sp³-hybridized carbons (Fsp3) is 0.567. The Morgan fingerprint density at radius 3 is 2.59 bits per heavy atom. The molecule has 0 spiro atoms. The van der Waals surface area contributed by atoms with Gasteiger partial charge in [0.2, 0.25) is 5.88 Å². The summed E-state index contributed by atoms with van der Waals surface area (Å²) in [6.07, 6.45) is 4.55. The van der Waals surface area contributed by atoms with E-state index in [2.05, 4.69) is 22.1 Å². The normalized spacial score (nSPS) is 24.8. The number of hydrogen-bond acceptors (Lipinski definition) is 6. The molecule has 1 aromatic heterocycles. The third kappa shape index (κ3) is 6.62. The zero-order valence-corrected chi connectivity index (χ0v) is 23.1. The summed E-state index contributed by atoms with van der Waals surface area (Å²) in [7, 11) is 0. The Kier molecular flexibility index (Phi) is 9.28. The number of fused-ring (bicyclic) bond motifs is 1. The molecular weight excluding hydrogens is 501 g/mol. The highest BCUT2D eigenvalue weighted by atomic mass is 19.1. The molecule has 0 bridgehead atoms. The highest BCUT2D eigenvalue weighted by Gasteiger charge is 2.41. The van der Waals surface area contributed by atoms with Crippen LogP contribution in [0.3, 0.4) is 0 Å². The summed E-state index contributed by atoms with van der Waals surface area (Å²) in [6, 6.07) is 2.89. The van der Waals surface area contributed by atoms with Crippen LogP contribution in [0, 0.1) is 23.7 Å². The van der Waals surface area contributed by atoms with Crippen molar-refractivity contribution >= 4 is 22.6 Å². The molecule has 9 heteroatoms. The summed E-state index contributed by atoms with van der Waals surface area (Å²) in [5.74, 6) is 5.79. The number of nitrogens with zero attached hydrogens (tertiary/aromatic N) is 1. The number of nitrogens with one attached hydrogen (secondary N) is 1. The van der Waals surface area contributed by atoms with Gasteiger partial charge in [0.1, 0.15) is 12.4 Å². The largest absolute Gasteiger partial charge is 0.490 e. The summed E-state index contributed by atoms with van der Waals surface area (Å²) < 4.78 is 32.0. The van der Waals surface area contributed by atoms with Gasteiger partial charge in [0.15, 0.2) is 6.17 Å². The predicted molar refractivity (Wildman–Crippen MR) is 146 cm³/mol. The second kappa shape index (κ2) is 12.6. The molecule has 1 saturated carbocycles. The van der Waals surface area contributed by atoms with E-state index in [1.165, 1.54) is 0 Å². The number of halogens is 1. The van der Waals surface area contributed by atoms with Crippen LogP contribution in [0.25, 0.3) is 10.8 Å². The lowest BCUT2D eigenvalue weighted by Crippen LogP contribution is -2.34. The second-order valence-electron chi connectivity index (χ2n) is 10.5. The topological polar surface area (TPSA) is 113 Å². The van der Waals surface area contributed by atoms with Gasteiger partial charge in [0.25, 0.3) is 11.8 Å². The molecule has 1 saturated heterocycles. The van der Waals surface area contributed by atoms with Gasteiger partial charge >= 0.3 is 0 Å². The first kappa shape index (κ1) is 28.6. The molecule has 4 rings (SSSR count). The number of carbonyl (C=O) groups excluding carboxylic acids is 2. The van der Waals surface area contributed by atoms with E-state index >= 15 is 0 Å². The Labute approximate surface area is 229 Å². The summed E-state index contributed by atoms with van der Waals surface area (Å²) in [4.78, 5) is 28.7. The van der Waals surface area contributed by atoms with Gasteiger partial charge in [-0.25, -0.2) is 9.37 Å². The standard InChI is InChI=1S/C30H38FN3O5/c1-5-21-25(34-29(36)27(21)31)16-38-30-23-14-26(39-17(3)4)24(28(32)35)13-22(23)19(15-33-30)10-7-18-8-11-20(12-9-18)37-6-2/h13-15,17-18,20-21,25,27H,5-6,8-9,11-12,16H2,1-4H3,(H2,32,35)(H,34,36)/t18?,20?,21-,25+,27-/m0/s1. The van der Waals surface area contributed by atoms with E-state index in [4.69, 9.17) is 19.9 Å². The lowest BCUT2D eigenvalue weighted by molar-refractivity contribution is -0.123. The third-order valence-corrected chi connectivity index (χ3v) is 7.41. The Bertz CT molecular complexity index is 1260. The maximum absolute atomic E-state index is 14.3. The average Bonchev–Trinajstić information content (AvgIpc) is 3.18. The van der Waals surface area contributed by atoms with Crippen molar-refractivity contribution in [2.24, 2.45) is 17.6 Å². The molecule has 1 aromatic carbocycles. The number of alkyl halides is 1. The van der Waals surface area contributed by atoms with E-state index in [1.807, 2.05) is 27.7 Å². The minimum Gasteiger partial charge on any atom is -0.490 e. The van der Waals surface area contributed by atoms with Crippen LogP contribution in [0.2, 0.25) is 0 Å². The SMILES string of the molecule is CCOC1CCC(C#Cc2cnc(OC[C@H]3NC(=O)[C@@H](F)[C@H]3CC)c3cc(OC(C)C)c(C(N)=O)cc23)CC1. The van der Waals surface area contributed by atoms with Crippen LogP contribution in [0.15, 0.2) is 18.3 Å². The number of carbonyl (C=O) groups is 2. The number of rotatable bonds is 9. The Hall–Kier alpha value is -3.38. The first-order valence-corrected chi connectivity index (χ1v) is 13.8. The Balaban J connectivity index is 1.68. The monoisotopic (exact) mass is 539 g/mol. The van der Waals surface area contributed by atoms with Crippen LogP contribution >= 0.6 is 0 Å². The number of nitrogens with two attached hydrogens (primary N) is 1. The van der Waals surface area contributed by atoms with Crippen LogP contribution in [0.1, 0.15) is 75.7 Å². The molecule has 0 radical (unpaired) electrons.